The molecular weight excluding hydrogens is 256 g/mol. The molecule has 18 heavy (non-hydrogen) atoms. The van der Waals surface area contributed by atoms with Crippen LogP contribution < -0.4 is 10.6 Å². The first-order valence-corrected chi connectivity index (χ1v) is 7.14. The number of rotatable bonds is 7. The van der Waals surface area contributed by atoms with Crippen LogP contribution >= 0.6 is 11.8 Å². The Labute approximate surface area is 111 Å². The maximum atomic E-state index is 11.5. The highest BCUT2D eigenvalue weighted by Gasteiger charge is 2.16. The molecule has 4 N–H and O–H groups in total. The number of amides is 1. The van der Waals surface area contributed by atoms with Gasteiger partial charge in [0.2, 0.25) is 5.91 Å². The molecule has 0 spiro atoms. The molecule has 1 aliphatic heterocycles. The summed E-state index contributed by atoms with van der Waals surface area (Å²) < 4.78 is 0. The maximum absolute atomic E-state index is 11.5. The maximum Gasteiger partial charge on any atom is 0.332 e. The zero-order valence-corrected chi connectivity index (χ0v) is 11.0. The number of hydrogen-bond donors (Lipinski definition) is 4. The van der Waals surface area contributed by atoms with Gasteiger partial charge in [0.1, 0.15) is 0 Å². The van der Waals surface area contributed by atoms with Crippen LogP contribution in [0.2, 0.25) is 0 Å². The van der Waals surface area contributed by atoms with E-state index in [0.717, 1.165) is 25.9 Å². The van der Waals surface area contributed by atoms with Gasteiger partial charge in [0, 0.05) is 18.2 Å². The number of hydrogen-bond acceptors (Lipinski definition) is 5. The van der Waals surface area contributed by atoms with Crippen molar-refractivity contribution >= 4 is 23.6 Å². The number of aliphatic carboxylic acids is 1. The quantitative estimate of drug-likeness (QED) is 0.497. The largest absolute Gasteiger partial charge is 0.479 e. The van der Waals surface area contributed by atoms with Gasteiger partial charge in [-0.2, -0.15) is 0 Å². The second-order valence-electron chi connectivity index (χ2n) is 4.25. The molecule has 1 heterocycles. The van der Waals surface area contributed by atoms with Crippen molar-refractivity contribution in [3.63, 3.8) is 0 Å². The summed E-state index contributed by atoms with van der Waals surface area (Å²) in [6.07, 6.45) is 0.798. The molecule has 1 aliphatic rings. The van der Waals surface area contributed by atoms with Crippen LogP contribution in [0.5, 0.6) is 0 Å². The van der Waals surface area contributed by atoms with Crippen molar-refractivity contribution < 1.29 is 19.8 Å². The molecule has 0 aromatic heterocycles. The molecule has 1 rings (SSSR count). The van der Waals surface area contributed by atoms with E-state index in [9.17, 15) is 9.59 Å². The summed E-state index contributed by atoms with van der Waals surface area (Å²) in [5.41, 5.74) is 0. The van der Waals surface area contributed by atoms with Crippen molar-refractivity contribution in [1.82, 2.24) is 10.6 Å². The summed E-state index contributed by atoms with van der Waals surface area (Å²) in [4.78, 5) is 21.8. The highest BCUT2D eigenvalue weighted by atomic mass is 32.2. The highest BCUT2D eigenvalue weighted by molar-refractivity contribution is 8.00. The van der Waals surface area contributed by atoms with Crippen molar-refractivity contribution in [3.05, 3.63) is 0 Å². The SMILES string of the molecule is O=C(CSC1CCNCC1)NCC[C@H](O)C(=O)O. The van der Waals surface area contributed by atoms with Gasteiger partial charge in [0.25, 0.3) is 0 Å². The van der Waals surface area contributed by atoms with E-state index < -0.39 is 12.1 Å². The van der Waals surface area contributed by atoms with Crippen LogP contribution in [0, 0.1) is 0 Å². The van der Waals surface area contributed by atoms with E-state index in [1.54, 1.807) is 11.8 Å². The van der Waals surface area contributed by atoms with Gasteiger partial charge in [-0.15, -0.1) is 11.8 Å². The lowest BCUT2D eigenvalue weighted by Gasteiger charge is -2.21. The zero-order chi connectivity index (χ0) is 13.4. The van der Waals surface area contributed by atoms with Crippen LogP contribution in [0.15, 0.2) is 0 Å². The predicted octanol–water partition coefficient (Wildman–Crippen LogP) is -0.577. The van der Waals surface area contributed by atoms with Crippen molar-refractivity contribution in [2.75, 3.05) is 25.4 Å². The topological polar surface area (TPSA) is 98.7 Å². The molecular formula is C11H20N2O4S. The first-order valence-electron chi connectivity index (χ1n) is 6.09. The summed E-state index contributed by atoms with van der Waals surface area (Å²) in [7, 11) is 0. The molecule has 6 nitrogen and oxygen atoms in total. The molecule has 1 fully saturated rings. The lowest BCUT2D eigenvalue weighted by molar-refractivity contribution is -0.147. The molecule has 0 unspecified atom stereocenters. The number of carbonyl (C=O) groups is 2. The average Bonchev–Trinajstić information content (AvgIpc) is 2.37. The first kappa shape index (κ1) is 15.3. The van der Waals surface area contributed by atoms with Crippen LogP contribution in [-0.2, 0) is 9.59 Å². The van der Waals surface area contributed by atoms with E-state index in [2.05, 4.69) is 10.6 Å². The van der Waals surface area contributed by atoms with E-state index in [1.165, 1.54) is 0 Å². The number of piperidine rings is 1. The lowest BCUT2D eigenvalue weighted by Crippen LogP contribution is -2.33. The molecule has 0 radical (unpaired) electrons. The third-order valence-electron chi connectivity index (χ3n) is 2.76. The molecule has 0 aliphatic carbocycles. The van der Waals surface area contributed by atoms with Crippen LogP contribution in [0.1, 0.15) is 19.3 Å². The first-order chi connectivity index (χ1) is 8.59. The summed E-state index contributed by atoms with van der Waals surface area (Å²) in [6.45, 7) is 2.20. The standard InChI is InChI=1S/C11H20N2O4S/c14-9(11(16)17)3-6-13-10(15)7-18-8-1-4-12-5-2-8/h8-9,12,14H,1-7H2,(H,13,15)(H,16,17)/t9-/m0/s1. The van der Waals surface area contributed by atoms with E-state index in [0.29, 0.717) is 11.0 Å². The fraction of sp³-hybridized carbons (Fsp3) is 0.818. The third kappa shape index (κ3) is 6.23. The average molecular weight is 276 g/mol. The fourth-order valence-corrected chi connectivity index (χ4v) is 2.74. The Hall–Kier alpha value is -0.790. The number of carboxylic acids is 1. The Morgan fingerprint density at radius 2 is 2.06 bits per heavy atom. The van der Waals surface area contributed by atoms with E-state index >= 15 is 0 Å². The van der Waals surface area contributed by atoms with Crippen molar-refractivity contribution in [2.24, 2.45) is 0 Å². The van der Waals surface area contributed by atoms with Gasteiger partial charge in [0.05, 0.1) is 5.75 Å². The minimum absolute atomic E-state index is 0.0408. The molecule has 0 saturated carbocycles. The van der Waals surface area contributed by atoms with Gasteiger partial charge in [0.15, 0.2) is 6.10 Å². The summed E-state index contributed by atoms with van der Waals surface area (Å²) in [5, 5.41) is 23.9. The smallest absolute Gasteiger partial charge is 0.332 e. The highest BCUT2D eigenvalue weighted by Crippen LogP contribution is 2.19. The molecule has 1 atom stereocenters. The number of carboxylic acid groups (broad SMARTS) is 1. The van der Waals surface area contributed by atoms with Crippen molar-refractivity contribution in [2.45, 2.75) is 30.6 Å². The van der Waals surface area contributed by atoms with E-state index in [4.69, 9.17) is 10.2 Å². The monoisotopic (exact) mass is 276 g/mol. The van der Waals surface area contributed by atoms with Crippen molar-refractivity contribution in [1.29, 1.82) is 0 Å². The van der Waals surface area contributed by atoms with Gasteiger partial charge in [-0.3, -0.25) is 4.79 Å². The molecule has 1 saturated heterocycles. The molecule has 1 amide bonds. The third-order valence-corrected chi connectivity index (χ3v) is 4.13. The Balaban J connectivity index is 2.04. The second kappa shape index (κ2) is 8.34. The Morgan fingerprint density at radius 3 is 2.67 bits per heavy atom. The van der Waals surface area contributed by atoms with Gasteiger partial charge >= 0.3 is 5.97 Å². The van der Waals surface area contributed by atoms with Gasteiger partial charge in [-0.25, -0.2) is 4.79 Å². The summed E-state index contributed by atoms with van der Waals surface area (Å²) >= 11 is 1.64. The van der Waals surface area contributed by atoms with Crippen LogP contribution in [-0.4, -0.2) is 58.8 Å². The minimum Gasteiger partial charge on any atom is -0.479 e. The number of aliphatic hydroxyl groups excluding tert-OH is 1. The molecule has 104 valence electrons. The Bertz CT molecular complexity index is 282. The van der Waals surface area contributed by atoms with E-state index in [1.807, 2.05) is 0 Å². The number of thioether (sulfide) groups is 1. The van der Waals surface area contributed by atoms with Crippen LogP contribution in [0.25, 0.3) is 0 Å². The van der Waals surface area contributed by atoms with Crippen LogP contribution in [0.3, 0.4) is 0 Å². The van der Waals surface area contributed by atoms with E-state index in [-0.39, 0.29) is 18.9 Å². The molecule has 0 aromatic rings. The molecule has 0 bridgehead atoms. The zero-order valence-electron chi connectivity index (χ0n) is 10.2. The second-order valence-corrected chi connectivity index (χ2v) is 5.54. The predicted molar refractivity (Wildman–Crippen MR) is 69.6 cm³/mol. The minimum atomic E-state index is -1.40. The molecule has 7 heteroatoms. The normalized spacial score (nSPS) is 18.3. The summed E-state index contributed by atoms with van der Waals surface area (Å²) in [5.74, 6) is -0.960. The van der Waals surface area contributed by atoms with Gasteiger partial charge < -0.3 is 20.8 Å². The lowest BCUT2D eigenvalue weighted by atomic mass is 10.2. The Kier molecular flexibility index (Phi) is 7.07. The fourth-order valence-electron chi connectivity index (χ4n) is 1.68. The Morgan fingerprint density at radius 1 is 1.39 bits per heavy atom. The number of aliphatic hydroxyl groups is 1. The van der Waals surface area contributed by atoms with Gasteiger partial charge in [-0.1, -0.05) is 0 Å². The van der Waals surface area contributed by atoms with Crippen LogP contribution in [0.4, 0.5) is 0 Å². The summed E-state index contributed by atoms with van der Waals surface area (Å²) in [6, 6.07) is 0. The molecule has 0 aromatic carbocycles. The van der Waals surface area contributed by atoms with Crippen molar-refractivity contribution in [3.8, 4) is 0 Å². The number of nitrogens with one attached hydrogen (secondary N) is 2. The number of carbonyl (C=O) groups excluding carboxylic acids is 1. The van der Waals surface area contributed by atoms with Gasteiger partial charge in [-0.05, 0) is 25.9 Å².